The third-order valence-electron chi connectivity index (χ3n) is 4.66. The Morgan fingerprint density at radius 3 is 2.68 bits per heavy atom. The minimum absolute atomic E-state index is 0.0716. The molecule has 2 heterocycles. The van der Waals surface area contributed by atoms with Crippen LogP contribution in [-0.4, -0.2) is 26.2 Å². The minimum atomic E-state index is -0.227. The SMILES string of the molecule is Cc1ccc(-n2c(SCC(=O)Nc3ccc(C)c(Cl)c3)nc3ccccc3c2=O)nc1. The summed E-state index contributed by atoms with van der Waals surface area (Å²) in [6.07, 6.45) is 1.69. The first-order valence-electron chi connectivity index (χ1n) is 9.56. The number of rotatable bonds is 5. The zero-order valence-corrected chi connectivity index (χ0v) is 18.5. The van der Waals surface area contributed by atoms with Crippen LogP contribution >= 0.6 is 23.4 Å². The maximum absolute atomic E-state index is 13.2. The molecule has 0 radical (unpaired) electrons. The monoisotopic (exact) mass is 450 g/mol. The maximum Gasteiger partial charge on any atom is 0.267 e. The van der Waals surface area contributed by atoms with Gasteiger partial charge in [-0.2, -0.15) is 0 Å². The van der Waals surface area contributed by atoms with E-state index in [1.165, 1.54) is 16.3 Å². The maximum atomic E-state index is 13.2. The van der Waals surface area contributed by atoms with Gasteiger partial charge in [0.2, 0.25) is 5.91 Å². The van der Waals surface area contributed by atoms with Crippen LogP contribution in [0.4, 0.5) is 5.69 Å². The smallest absolute Gasteiger partial charge is 0.267 e. The van der Waals surface area contributed by atoms with Gasteiger partial charge < -0.3 is 5.32 Å². The Morgan fingerprint density at radius 2 is 1.94 bits per heavy atom. The first kappa shape index (κ1) is 21.1. The Kier molecular flexibility index (Phi) is 6.06. The Balaban J connectivity index is 1.65. The summed E-state index contributed by atoms with van der Waals surface area (Å²) in [6, 6.07) is 16.1. The van der Waals surface area contributed by atoms with E-state index in [1.54, 1.807) is 42.6 Å². The topological polar surface area (TPSA) is 76.9 Å². The average Bonchev–Trinajstić information content (AvgIpc) is 2.76. The van der Waals surface area contributed by atoms with E-state index in [0.717, 1.165) is 11.1 Å². The fourth-order valence-electron chi connectivity index (χ4n) is 3.00. The van der Waals surface area contributed by atoms with Crippen molar-refractivity contribution in [2.24, 2.45) is 0 Å². The van der Waals surface area contributed by atoms with Crippen molar-refractivity contribution in [1.82, 2.24) is 14.5 Å². The molecule has 2 aromatic heterocycles. The number of aryl methyl sites for hydroxylation is 2. The summed E-state index contributed by atoms with van der Waals surface area (Å²) < 4.78 is 1.45. The van der Waals surface area contributed by atoms with Crippen molar-refractivity contribution >= 4 is 45.9 Å². The fraction of sp³-hybridized carbons (Fsp3) is 0.130. The second kappa shape index (κ2) is 8.91. The van der Waals surface area contributed by atoms with Gasteiger partial charge in [0.1, 0.15) is 5.82 Å². The van der Waals surface area contributed by atoms with Crippen LogP contribution in [0.3, 0.4) is 0 Å². The van der Waals surface area contributed by atoms with Crippen LogP contribution < -0.4 is 10.9 Å². The number of carbonyl (C=O) groups is 1. The molecule has 1 amide bonds. The zero-order chi connectivity index (χ0) is 22.0. The van der Waals surface area contributed by atoms with E-state index in [1.807, 2.05) is 32.0 Å². The molecular weight excluding hydrogens is 432 g/mol. The number of benzene rings is 2. The van der Waals surface area contributed by atoms with Crippen LogP contribution in [0.5, 0.6) is 0 Å². The molecule has 0 atom stereocenters. The molecular formula is C23H19ClN4O2S. The highest BCUT2D eigenvalue weighted by molar-refractivity contribution is 7.99. The van der Waals surface area contributed by atoms with E-state index >= 15 is 0 Å². The van der Waals surface area contributed by atoms with Crippen molar-refractivity contribution in [1.29, 1.82) is 0 Å². The van der Waals surface area contributed by atoms with Gasteiger partial charge in [0.25, 0.3) is 5.56 Å². The lowest BCUT2D eigenvalue weighted by Gasteiger charge is -2.13. The Hall–Kier alpha value is -3.16. The van der Waals surface area contributed by atoms with Crippen LogP contribution in [0.1, 0.15) is 11.1 Å². The number of anilines is 1. The fourth-order valence-corrected chi connectivity index (χ4v) is 3.98. The standard InChI is InChI=1S/C23H19ClN4O2S/c1-14-7-10-20(25-12-14)28-22(30)17-5-3-4-6-19(17)27-23(28)31-13-21(29)26-16-9-8-15(2)18(24)11-16/h3-12H,13H2,1-2H3,(H,26,29). The Bertz CT molecular complexity index is 1340. The lowest BCUT2D eigenvalue weighted by atomic mass is 10.2. The third-order valence-corrected chi connectivity index (χ3v) is 6.00. The van der Waals surface area contributed by atoms with Crippen molar-refractivity contribution in [3.05, 3.63) is 87.3 Å². The second-order valence-electron chi connectivity index (χ2n) is 7.05. The molecule has 1 N–H and O–H groups in total. The number of para-hydroxylation sites is 1. The number of hydrogen-bond donors (Lipinski definition) is 1. The van der Waals surface area contributed by atoms with Gasteiger partial charge in [-0.15, -0.1) is 0 Å². The van der Waals surface area contributed by atoms with Crippen LogP contribution in [0.25, 0.3) is 16.7 Å². The van der Waals surface area contributed by atoms with Gasteiger partial charge in [-0.1, -0.05) is 47.6 Å². The lowest BCUT2D eigenvalue weighted by molar-refractivity contribution is -0.113. The van der Waals surface area contributed by atoms with Crippen LogP contribution in [0.2, 0.25) is 5.02 Å². The van der Waals surface area contributed by atoms with Crippen LogP contribution in [0, 0.1) is 13.8 Å². The van der Waals surface area contributed by atoms with Gasteiger partial charge in [-0.05, 0) is 55.3 Å². The number of hydrogen-bond acceptors (Lipinski definition) is 5. The first-order valence-corrected chi connectivity index (χ1v) is 10.9. The summed E-state index contributed by atoms with van der Waals surface area (Å²) in [4.78, 5) is 34.7. The van der Waals surface area contributed by atoms with E-state index in [9.17, 15) is 9.59 Å². The average molecular weight is 451 g/mol. The highest BCUT2D eigenvalue weighted by Gasteiger charge is 2.15. The number of nitrogens with zero attached hydrogens (tertiary/aromatic N) is 3. The number of halogens is 1. The van der Waals surface area contributed by atoms with E-state index in [4.69, 9.17) is 11.6 Å². The molecule has 0 aliphatic heterocycles. The highest BCUT2D eigenvalue weighted by Crippen LogP contribution is 2.23. The van der Waals surface area contributed by atoms with E-state index in [0.29, 0.717) is 32.6 Å². The molecule has 8 heteroatoms. The van der Waals surface area contributed by atoms with E-state index < -0.39 is 0 Å². The van der Waals surface area contributed by atoms with Gasteiger partial charge in [-0.3, -0.25) is 9.59 Å². The summed E-state index contributed by atoms with van der Waals surface area (Å²) in [5, 5.41) is 4.30. The van der Waals surface area contributed by atoms with Gasteiger partial charge in [0.15, 0.2) is 5.16 Å². The van der Waals surface area contributed by atoms with Gasteiger partial charge >= 0.3 is 0 Å². The predicted molar refractivity (Wildman–Crippen MR) is 125 cm³/mol. The molecule has 0 unspecified atom stereocenters. The van der Waals surface area contributed by atoms with Crippen molar-refractivity contribution in [2.75, 3.05) is 11.1 Å². The van der Waals surface area contributed by atoms with Crippen molar-refractivity contribution in [3.8, 4) is 5.82 Å². The minimum Gasteiger partial charge on any atom is -0.325 e. The Labute approximate surface area is 188 Å². The number of carbonyl (C=O) groups excluding carboxylic acids is 1. The van der Waals surface area contributed by atoms with Crippen LogP contribution in [-0.2, 0) is 4.79 Å². The van der Waals surface area contributed by atoms with E-state index in [2.05, 4.69) is 15.3 Å². The summed E-state index contributed by atoms with van der Waals surface area (Å²) in [7, 11) is 0. The number of fused-ring (bicyclic) bond motifs is 1. The zero-order valence-electron chi connectivity index (χ0n) is 16.9. The lowest BCUT2D eigenvalue weighted by Crippen LogP contribution is -2.23. The van der Waals surface area contributed by atoms with Crippen molar-refractivity contribution in [3.63, 3.8) is 0 Å². The molecule has 31 heavy (non-hydrogen) atoms. The largest absolute Gasteiger partial charge is 0.325 e. The number of amides is 1. The number of aromatic nitrogens is 3. The number of thioether (sulfide) groups is 1. The summed E-state index contributed by atoms with van der Waals surface area (Å²) >= 11 is 7.31. The van der Waals surface area contributed by atoms with Crippen LogP contribution in [0.15, 0.2) is 70.7 Å². The summed E-state index contributed by atoms with van der Waals surface area (Å²) in [5.41, 5.74) is 2.88. The first-order chi connectivity index (χ1) is 14.9. The molecule has 156 valence electrons. The highest BCUT2D eigenvalue weighted by atomic mass is 35.5. The van der Waals surface area contributed by atoms with Crippen molar-refractivity contribution in [2.45, 2.75) is 19.0 Å². The molecule has 0 aliphatic rings. The molecule has 0 bridgehead atoms. The van der Waals surface area contributed by atoms with E-state index in [-0.39, 0.29) is 17.2 Å². The molecule has 0 fully saturated rings. The molecule has 4 aromatic rings. The van der Waals surface area contributed by atoms with Gasteiger partial charge in [0, 0.05) is 16.9 Å². The molecule has 6 nitrogen and oxygen atoms in total. The third kappa shape index (κ3) is 4.62. The molecule has 0 aliphatic carbocycles. The van der Waals surface area contributed by atoms with Crippen molar-refractivity contribution < 1.29 is 4.79 Å². The molecule has 4 rings (SSSR count). The Morgan fingerprint density at radius 1 is 1.13 bits per heavy atom. The number of pyridine rings is 1. The second-order valence-corrected chi connectivity index (χ2v) is 8.40. The summed E-state index contributed by atoms with van der Waals surface area (Å²) in [6.45, 7) is 3.82. The predicted octanol–water partition coefficient (Wildman–Crippen LogP) is 4.78. The molecule has 0 saturated carbocycles. The molecule has 0 spiro atoms. The van der Waals surface area contributed by atoms with Gasteiger partial charge in [0.05, 0.1) is 16.7 Å². The number of nitrogens with one attached hydrogen (secondary N) is 1. The quantitative estimate of drug-likeness (QED) is 0.349. The summed E-state index contributed by atoms with van der Waals surface area (Å²) in [5.74, 6) is 0.306. The molecule has 0 saturated heterocycles. The normalized spacial score (nSPS) is 10.9. The molecule has 2 aromatic carbocycles. The van der Waals surface area contributed by atoms with Gasteiger partial charge in [-0.25, -0.2) is 14.5 Å².